The summed E-state index contributed by atoms with van der Waals surface area (Å²) in [5.41, 5.74) is 2.87. The van der Waals surface area contributed by atoms with Crippen LogP contribution in [0.5, 0.6) is 0 Å². The van der Waals surface area contributed by atoms with Gasteiger partial charge in [-0.05, 0) is 43.0 Å². The fourth-order valence-corrected chi connectivity index (χ4v) is 5.43. The van der Waals surface area contributed by atoms with E-state index in [0.717, 1.165) is 18.2 Å². The summed E-state index contributed by atoms with van der Waals surface area (Å²) >= 11 is 0. The van der Waals surface area contributed by atoms with E-state index in [1.54, 1.807) is 29.2 Å². The van der Waals surface area contributed by atoms with Crippen LogP contribution in [0, 0.1) is 12.8 Å². The zero-order valence-corrected chi connectivity index (χ0v) is 23.6. The molecule has 0 aliphatic carbocycles. The number of carbonyl (C=O) groups is 3. The van der Waals surface area contributed by atoms with Crippen LogP contribution in [-0.2, 0) is 32.5 Å². The van der Waals surface area contributed by atoms with E-state index >= 15 is 0 Å². The number of hydrogen-bond donors (Lipinski definition) is 4. The van der Waals surface area contributed by atoms with E-state index in [0.29, 0.717) is 29.4 Å². The van der Waals surface area contributed by atoms with E-state index in [-0.39, 0.29) is 30.4 Å². The van der Waals surface area contributed by atoms with E-state index in [4.69, 9.17) is 4.52 Å². The summed E-state index contributed by atoms with van der Waals surface area (Å²) in [6.07, 6.45) is 2.90. The lowest BCUT2D eigenvalue weighted by atomic mass is 9.99. The highest BCUT2D eigenvalue weighted by Gasteiger charge is 2.38. The molecule has 4 rings (SSSR count). The lowest BCUT2D eigenvalue weighted by Crippen LogP contribution is -2.41. The summed E-state index contributed by atoms with van der Waals surface area (Å²) in [6, 6.07) is 10.1. The number of sulfonamides is 1. The Hall–Kier alpha value is -4.30. The largest absolute Gasteiger partial charge is 0.480 e. The maximum absolute atomic E-state index is 13.3. The number of rotatable bonds is 10. The topological polar surface area (TPSA) is 184 Å². The predicted octanol–water partition coefficient (Wildman–Crippen LogP) is 2.72. The van der Waals surface area contributed by atoms with Gasteiger partial charge in [-0.25, -0.2) is 17.9 Å². The Morgan fingerprint density at radius 2 is 1.90 bits per heavy atom. The summed E-state index contributed by atoms with van der Waals surface area (Å²) in [4.78, 5) is 43.1. The van der Waals surface area contributed by atoms with E-state index < -0.39 is 34.1 Å². The van der Waals surface area contributed by atoms with Crippen molar-refractivity contribution in [3.8, 4) is 0 Å². The molecule has 13 nitrogen and oxygen atoms in total. The average Bonchev–Trinajstić information content (AvgIpc) is 3.51. The fraction of sp³-hybridized carbons (Fsp3) is 0.370. The van der Waals surface area contributed by atoms with Gasteiger partial charge in [-0.1, -0.05) is 30.3 Å². The maximum atomic E-state index is 13.3. The van der Waals surface area contributed by atoms with Gasteiger partial charge in [-0.3, -0.25) is 14.6 Å². The Morgan fingerprint density at radius 3 is 2.56 bits per heavy atom. The van der Waals surface area contributed by atoms with Gasteiger partial charge in [0.15, 0.2) is 5.76 Å². The number of urea groups is 1. The highest BCUT2D eigenvalue weighted by atomic mass is 32.2. The lowest BCUT2D eigenvalue weighted by Gasteiger charge is -2.24. The molecule has 3 aromatic rings. The molecule has 0 radical (unpaired) electrons. The van der Waals surface area contributed by atoms with Crippen molar-refractivity contribution in [3.05, 3.63) is 71.4 Å². The van der Waals surface area contributed by atoms with E-state index in [9.17, 15) is 27.9 Å². The van der Waals surface area contributed by atoms with Crippen molar-refractivity contribution in [1.29, 1.82) is 0 Å². The molecule has 4 N–H and O–H groups in total. The Kier molecular flexibility index (Phi) is 9.03. The van der Waals surface area contributed by atoms with E-state index in [2.05, 4.69) is 25.5 Å². The SMILES string of the molecule is Cc1ccccc1NC(=O)Nc1ccc(CC(=O)N2CCC(C)C2c2cc(CC(NS(C)(=O)=O)C(=O)O)no2)nc1. The number of aromatic nitrogens is 2. The second-order valence-corrected chi connectivity index (χ2v) is 11.9. The summed E-state index contributed by atoms with van der Waals surface area (Å²) in [5, 5.41) is 18.8. The Bertz CT molecular complexity index is 1520. The Labute approximate surface area is 237 Å². The number of hydrogen-bond acceptors (Lipinski definition) is 8. The molecular formula is C27H32N6O7S. The zero-order valence-electron chi connectivity index (χ0n) is 22.8. The predicted molar refractivity (Wildman–Crippen MR) is 150 cm³/mol. The molecule has 14 heteroatoms. The Balaban J connectivity index is 1.37. The molecule has 1 aliphatic rings. The quantitative estimate of drug-likeness (QED) is 0.278. The third-order valence-corrected chi connectivity index (χ3v) is 7.48. The number of carboxylic acid groups (broad SMARTS) is 1. The van der Waals surface area contributed by atoms with Gasteiger partial charge in [-0.15, -0.1) is 0 Å². The van der Waals surface area contributed by atoms with Crippen molar-refractivity contribution in [3.63, 3.8) is 0 Å². The smallest absolute Gasteiger partial charge is 0.323 e. The lowest BCUT2D eigenvalue weighted by molar-refractivity contribution is -0.139. The number of pyridine rings is 1. The van der Waals surface area contributed by atoms with Gasteiger partial charge in [0.25, 0.3) is 0 Å². The summed E-state index contributed by atoms with van der Waals surface area (Å²) < 4.78 is 30.6. The summed E-state index contributed by atoms with van der Waals surface area (Å²) in [7, 11) is -3.75. The van der Waals surface area contributed by atoms with E-state index in [1.165, 1.54) is 6.20 Å². The van der Waals surface area contributed by atoms with Gasteiger partial charge in [-0.2, -0.15) is 0 Å². The fourth-order valence-electron chi connectivity index (χ4n) is 4.73. The third-order valence-electron chi connectivity index (χ3n) is 6.77. The number of aliphatic carboxylic acids is 1. The molecule has 3 atom stereocenters. The molecule has 0 spiro atoms. The number of nitrogens with one attached hydrogen (secondary N) is 3. The van der Waals surface area contributed by atoms with Crippen molar-refractivity contribution in [2.24, 2.45) is 5.92 Å². The van der Waals surface area contributed by atoms with Gasteiger partial charge in [0, 0.05) is 30.4 Å². The highest BCUT2D eigenvalue weighted by Crippen LogP contribution is 2.37. The first-order valence-corrected chi connectivity index (χ1v) is 14.8. The van der Waals surface area contributed by atoms with Crippen LogP contribution < -0.4 is 15.4 Å². The van der Waals surface area contributed by atoms with Gasteiger partial charge >= 0.3 is 12.0 Å². The minimum Gasteiger partial charge on any atom is -0.480 e. The van der Waals surface area contributed by atoms with Crippen LogP contribution in [-0.4, -0.2) is 65.3 Å². The summed E-state index contributed by atoms with van der Waals surface area (Å²) in [5.74, 6) is -1.07. The maximum Gasteiger partial charge on any atom is 0.323 e. The molecule has 0 saturated carbocycles. The molecule has 2 aromatic heterocycles. The van der Waals surface area contributed by atoms with Crippen LogP contribution in [0.1, 0.15) is 42.1 Å². The molecule has 1 aliphatic heterocycles. The molecule has 3 unspecified atom stereocenters. The van der Waals surface area contributed by atoms with Crippen LogP contribution in [0.15, 0.2) is 53.2 Å². The normalized spacial score (nSPS) is 17.7. The number of amides is 3. The number of likely N-dealkylation sites (tertiary alicyclic amines) is 1. The molecule has 1 aromatic carbocycles. The minimum atomic E-state index is -3.75. The van der Waals surface area contributed by atoms with Crippen LogP contribution in [0.3, 0.4) is 0 Å². The van der Waals surface area contributed by atoms with Crippen molar-refractivity contribution in [2.75, 3.05) is 23.4 Å². The van der Waals surface area contributed by atoms with Crippen LogP contribution in [0.4, 0.5) is 16.2 Å². The Morgan fingerprint density at radius 1 is 1.15 bits per heavy atom. The first-order chi connectivity index (χ1) is 19.4. The number of benzene rings is 1. The minimum absolute atomic E-state index is 0.0271. The molecule has 1 fully saturated rings. The number of para-hydroxylation sites is 1. The molecular weight excluding hydrogens is 552 g/mol. The summed E-state index contributed by atoms with van der Waals surface area (Å²) in [6.45, 7) is 4.36. The van der Waals surface area contributed by atoms with Gasteiger partial charge in [0.05, 0.1) is 36.3 Å². The molecule has 3 amide bonds. The second kappa shape index (κ2) is 12.5. The number of anilines is 2. The molecule has 1 saturated heterocycles. The third kappa shape index (κ3) is 7.89. The molecule has 0 bridgehead atoms. The highest BCUT2D eigenvalue weighted by molar-refractivity contribution is 7.88. The number of carboxylic acids is 1. The number of aryl methyl sites for hydroxylation is 1. The van der Waals surface area contributed by atoms with Crippen molar-refractivity contribution in [1.82, 2.24) is 19.8 Å². The second-order valence-electron chi connectivity index (χ2n) is 10.1. The van der Waals surface area contributed by atoms with Crippen molar-refractivity contribution >= 4 is 39.3 Å². The first-order valence-electron chi connectivity index (χ1n) is 12.9. The monoisotopic (exact) mass is 584 g/mol. The van der Waals surface area contributed by atoms with E-state index in [1.807, 2.05) is 32.0 Å². The van der Waals surface area contributed by atoms with Crippen LogP contribution >= 0.6 is 0 Å². The average molecular weight is 585 g/mol. The van der Waals surface area contributed by atoms with Crippen LogP contribution in [0.2, 0.25) is 0 Å². The van der Waals surface area contributed by atoms with Gasteiger partial charge in [0.2, 0.25) is 15.9 Å². The van der Waals surface area contributed by atoms with Gasteiger partial charge in [0.1, 0.15) is 6.04 Å². The first kappa shape index (κ1) is 29.7. The van der Waals surface area contributed by atoms with Crippen LogP contribution in [0.25, 0.3) is 0 Å². The van der Waals surface area contributed by atoms with Crippen molar-refractivity contribution < 1.29 is 32.4 Å². The van der Waals surface area contributed by atoms with Gasteiger partial charge < -0.3 is 25.2 Å². The molecule has 218 valence electrons. The number of nitrogens with zero attached hydrogens (tertiary/aromatic N) is 3. The van der Waals surface area contributed by atoms with Crippen molar-refractivity contribution in [2.45, 2.75) is 45.2 Å². The number of carbonyl (C=O) groups excluding carboxylic acids is 2. The zero-order chi connectivity index (χ0) is 29.7. The molecule has 41 heavy (non-hydrogen) atoms. The standard InChI is InChI=1S/C27H32N6O7S/c1-16-6-4-5-7-21(16)30-27(37)29-19-9-8-18(28-15-19)14-24(34)33-11-10-17(2)25(33)23-13-20(31-40-23)12-22(26(35)36)32-41(3,38)39/h4-9,13,15,17,22,25,32H,10-12,14H2,1-3H3,(H,35,36)(H2,29,30,37). The molecule has 3 heterocycles.